The highest BCUT2D eigenvalue weighted by Gasteiger charge is 2.22. The summed E-state index contributed by atoms with van der Waals surface area (Å²) in [6, 6.07) is 8.07. The van der Waals surface area contributed by atoms with Crippen LogP contribution in [0.1, 0.15) is 34.4 Å². The third kappa shape index (κ3) is 4.46. The van der Waals surface area contributed by atoms with E-state index in [1.807, 2.05) is 25.2 Å². The number of nitriles is 1. The molecule has 0 bridgehead atoms. The lowest BCUT2D eigenvalue weighted by Gasteiger charge is -2.15. The Kier molecular flexibility index (Phi) is 6.55. The molecule has 0 fully saturated rings. The number of methoxy groups -OCH3 is 2. The lowest BCUT2D eigenvalue weighted by atomic mass is 9.96. The second-order valence-corrected chi connectivity index (χ2v) is 8.18. The molecule has 1 aromatic carbocycles. The van der Waals surface area contributed by atoms with E-state index in [1.165, 1.54) is 4.88 Å². The highest BCUT2D eigenvalue weighted by molar-refractivity contribution is 7.16. The quantitative estimate of drug-likeness (QED) is 0.747. The number of nitrogens with one attached hydrogen (secondary N) is 2. The molecule has 1 aliphatic rings. The van der Waals surface area contributed by atoms with Gasteiger partial charge in [0.1, 0.15) is 17.6 Å². The van der Waals surface area contributed by atoms with Crippen LogP contribution in [0.2, 0.25) is 0 Å². The van der Waals surface area contributed by atoms with Gasteiger partial charge in [0.05, 0.1) is 26.8 Å². The van der Waals surface area contributed by atoms with Gasteiger partial charge in [0.25, 0.3) is 5.91 Å². The number of likely N-dealkylation sites (N-methyl/N-ethyl adjacent to an activating group) is 1. The summed E-state index contributed by atoms with van der Waals surface area (Å²) in [6.45, 7) is 1.00. The molecule has 1 aliphatic carbocycles. The largest absolute Gasteiger partial charge is 0.493 e. The first-order valence-electron chi connectivity index (χ1n) is 9.42. The molecule has 0 saturated carbocycles. The van der Waals surface area contributed by atoms with Crippen LogP contribution in [0.15, 0.2) is 18.2 Å². The number of anilines is 1. The number of aryl methyl sites for hydroxylation is 1. The Bertz CT molecular complexity index is 901. The van der Waals surface area contributed by atoms with Crippen LogP contribution in [0.25, 0.3) is 0 Å². The summed E-state index contributed by atoms with van der Waals surface area (Å²) in [5.41, 5.74) is 2.86. The molecule has 0 spiro atoms. The summed E-state index contributed by atoms with van der Waals surface area (Å²) >= 11 is 1.56. The van der Waals surface area contributed by atoms with Crippen LogP contribution in [0.4, 0.5) is 5.00 Å². The Labute approximate surface area is 169 Å². The van der Waals surface area contributed by atoms with Crippen molar-refractivity contribution in [3.8, 4) is 17.6 Å². The molecule has 0 saturated heterocycles. The van der Waals surface area contributed by atoms with Gasteiger partial charge in [0.15, 0.2) is 18.0 Å². The summed E-state index contributed by atoms with van der Waals surface area (Å²) in [6.07, 6.45) is 4.22. The Balaban J connectivity index is 1.62. The molecule has 6 nitrogen and oxygen atoms in total. The van der Waals surface area contributed by atoms with Gasteiger partial charge in [-0.3, -0.25) is 4.79 Å². The van der Waals surface area contributed by atoms with Crippen LogP contribution in [0.3, 0.4) is 0 Å². The zero-order chi connectivity index (χ0) is 20.1. The first-order chi connectivity index (χ1) is 13.5. The van der Waals surface area contributed by atoms with Crippen LogP contribution < -0.4 is 19.7 Å². The lowest BCUT2D eigenvalue weighted by molar-refractivity contribution is -0.885. The van der Waals surface area contributed by atoms with E-state index in [9.17, 15) is 10.1 Å². The minimum atomic E-state index is -0.0759. The number of thiophene rings is 1. The minimum Gasteiger partial charge on any atom is -0.493 e. The van der Waals surface area contributed by atoms with Crippen molar-refractivity contribution >= 4 is 22.2 Å². The van der Waals surface area contributed by atoms with E-state index in [4.69, 9.17) is 9.47 Å². The maximum atomic E-state index is 12.5. The maximum Gasteiger partial charge on any atom is 0.280 e. The van der Waals surface area contributed by atoms with Crippen molar-refractivity contribution < 1.29 is 19.2 Å². The van der Waals surface area contributed by atoms with E-state index in [0.717, 1.165) is 41.7 Å². The molecule has 7 heteroatoms. The number of nitrogens with zero attached hydrogens (tertiary/aromatic N) is 1. The average Bonchev–Trinajstić information content (AvgIpc) is 3.04. The fourth-order valence-corrected chi connectivity index (χ4v) is 4.87. The van der Waals surface area contributed by atoms with Crippen molar-refractivity contribution in [2.45, 2.75) is 32.2 Å². The number of quaternary nitrogens is 1. The van der Waals surface area contributed by atoms with Crippen molar-refractivity contribution in [2.75, 3.05) is 33.1 Å². The number of carbonyl (C=O) groups excluding carboxylic acids is 1. The molecule has 1 aromatic heterocycles. The van der Waals surface area contributed by atoms with E-state index in [1.54, 1.807) is 25.6 Å². The summed E-state index contributed by atoms with van der Waals surface area (Å²) in [4.78, 5) is 14.8. The molecule has 2 N–H and O–H groups in total. The Morgan fingerprint density at radius 1 is 1.25 bits per heavy atom. The van der Waals surface area contributed by atoms with Gasteiger partial charge in [-0.05, 0) is 49.4 Å². The molecule has 148 valence electrons. The van der Waals surface area contributed by atoms with Gasteiger partial charge in [-0.15, -0.1) is 11.3 Å². The SMILES string of the molecule is COc1ccc(C[NH+](C)CC(=O)Nc2sc3c(c2C#N)CCCC3)cc1OC. The number of rotatable bonds is 7. The summed E-state index contributed by atoms with van der Waals surface area (Å²) in [5, 5.41) is 13.2. The van der Waals surface area contributed by atoms with E-state index in [0.29, 0.717) is 35.2 Å². The van der Waals surface area contributed by atoms with Crippen molar-refractivity contribution in [1.82, 2.24) is 0 Å². The third-order valence-corrected chi connectivity index (χ3v) is 6.16. The van der Waals surface area contributed by atoms with Gasteiger partial charge in [-0.2, -0.15) is 5.26 Å². The minimum absolute atomic E-state index is 0.0759. The Morgan fingerprint density at radius 3 is 2.71 bits per heavy atom. The highest BCUT2D eigenvalue weighted by Crippen LogP contribution is 2.37. The van der Waals surface area contributed by atoms with E-state index in [-0.39, 0.29) is 5.91 Å². The zero-order valence-electron chi connectivity index (χ0n) is 16.6. The molecular weight excluding hydrogens is 374 g/mol. The van der Waals surface area contributed by atoms with E-state index in [2.05, 4.69) is 11.4 Å². The smallest absolute Gasteiger partial charge is 0.280 e. The summed E-state index contributed by atoms with van der Waals surface area (Å²) < 4.78 is 10.6. The van der Waals surface area contributed by atoms with Crippen molar-refractivity contribution in [3.63, 3.8) is 0 Å². The fourth-order valence-electron chi connectivity index (χ4n) is 3.62. The van der Waals surface area contributed by atoms with Crippen LogP contribution in [-0.4, -0.2) is 33.7 Å². The predicted octanol–water partition coefficient (Wildman–Crippen LogP) is 2.17. The lowest BCUT2D eigenvalue weighted by Crippen LogP contribution is -3.08. The topological polar surface area (TPSA) is 75.8 Å². The zero-order valence-corrected chi connectivity index (χ0v) is 17.4. The monoisotopic (exact) mass is 400 g/mol. The molecule has 2 aromatic rings. The van der Waals surface area contributed by atoms with Gasteiger partial charge < -0.3 is 19.7 Å². The van der Waals surface area contributed by atoms with Crippen molar-refractivity contribution in [3.05, 3.63) is 39.8 Å². The van der Waals surface area contributed by atoms with Gasteiger partial charge >= 0.3 is 0 Å². The molecule has 1 heterocycles. The first kappa shape index (κ1) is 20.2. The Hall–Kier alpha value is -2.56. The third-order valence-electron chi connectivity index (χ3n) is 4.95. The highest BCUT2D eigenvalue weighted by atomic mass is 32.1. The molecule has 0 radical (unpaired) electrons. The van der Waals surface area contributed by atoms with Crippen LogP contribution >= 0.6 is 11.3 Å². The Morgan fingerprint density at radius 2 is 2.00 bits per heavy atom. The fraction of sp³-hybridized carbons (Fsp3) is 0.429. The second kappa shape index (κ2) is 9.09. The number of carbonyl (C=O) groups is 1. The van der Waals surface area contributed by atoms with Crippen molar-refractivity contribution in [1.29, 1.82) is 5.26 Å². The molecule has 3 rings (SSSR count). The molecule has 1 amide bonds. The normalized spacial score (nSPS) is 13.9. The summed E-state index contributed by atoms with van der Waals surface area (Å²) in [5.74, 6) is 1.29. The first-order valence-corrected chi connectivity index (χ1v) is 10.2. The predicted molar refractivity (Wildman–Crippen MR) is 109 cm³/mol. The average molecular weight is 401 g/mol. The van der Waals surface area contributed by atoms with E-state index >= 15 is 0 Å². The number of hydrogen-bond donors (Lipinski definition) is 2. The van der Waals surface area contributed by atoms with Crippen LogP contribution in [-0.2, 0) is 24.2 Å². The molecule has 0 aliphatic heterocycles. The number of amides is 1. The molecule has 28 heavy (non-hydrogen) atoms. The number of fused-ring (bicyclic) bond motifs is 1. The standard InChI is InChI=1S/C21H25N3O3S/c1-24(12-14-8-9-17(26-2)18(10-14)27-3)13-20(25)23-21-16(11-22)15-6-4-5-7-19(15)28-21/h8-10H,4-7,12-13H2,1-3H3,(H,23,25)/p+1. The van der Waals surface area contributed by atoms with Crippen LogP contribution in [0.5, 0.6) is 11.5 Å². The van der Waals surface area contributed by atoms with Gasteiger partial charge in [-0.25, -0.2) is 0 Å². The number of ether oxygens (including phenoxy) is 2. The summed E-state index contributed by atoms with van der Waals surface area (Å²) in [7, 11) is 5.19. The van der Waals surface area contributed by atoms with E-state index < -0.39 is 0 Å². The van der Waals surface area contributed by atoms with Gasteiger partial charge in [0, 0.05) is 10.4 Å². The molecule has 1 unspecified atom stereocenters. The van der Waals surface area contributed by atoms with Gasteiger partial charge in [0.2, 0.25) is 0 Å². The second-order valence-electron chi connectivity index (χ2n) is 7.07. The maximum absolute atomic E-state index is 12.5. The molecule has 1 atom stereocenters. The number of benzene rings is 1. The molecular formula is C21H26N3O3S+. The van der Waals surface area contributed by atoms with Crippen molar-refractivity contribution in [2.24, 2.45) is 0 Å². The number of hydrogen-bond acceptors (Lipinski definition) is 5. The van der Waals surface area contributed by atoms with Gasteiger partial charge in [-0.1, -0.05) is 0 Å². The van der Waals surface area contributed by atoms with Crippen LogP contribution in [0, 0.1) is 11.3 Å².